The maximum absolute atomic E-state index is 12.6. The van der Waals surface area contributed by atoms with Crippen LogP contribution in [0.3, 0.4) is 0 Å². The molecule has 2 N–H and O–H groups in total. The van der Waals surface area contributed by atoms with Crippen molar-refractivity contribution in [1.82, 2.24) is 20.2 Å². The predicted molar refractivity (Wildman–Crippen MR) is 109 cm³/mol. The quantitative estimate of drug-likeness (QED) is 0.697. The topological polar surface area (TPSA) is 78.3 Å². The zero-order valence-electron chi connectivity index (χ0n) is 16.9. The summed E-state index contributed by atoms with van der Waals surface area (Å²) in [6, 6.07) is 7.44. The molecule has 0 saturated heterocycles. The number of rotatable bonds is 9. The lowest BCUT2D eigenvalue weighted by Crippen LogP contribution is -2.42. The Labute approximate surface area is 167 Å². The molecular weight excluding hydrogens is 352 g/mol. The summed E-state index contributed by atoms with van der Waals surface area (Å²) in [7, 11) is 4.04. The molecule has 1 aliphatic rings. The SMILES string of the molecule is Cc1ncc(C(CC(=O)NCC(Cc2ccc(O)cc2)N(C)C)C2CC2)cn1. The van der Waals surface area contributed by atoms with Crippen LogP contribution in [0.1, 0.15) is 42.1 Å². The summed E-state index contributed by atoms with van der Waals surface area (Å²) < 4.78 is 0. The molecule has 150 valence electrons. The van der Waals surface area contributed by atoms with Crippen LogP contribution in [0.25, 0.3) is 0 Å². The molecule has 28 heavy (non-hydrogen) atoms. The van der Waals surface area contributed by atoms with E-state index in [9.17, 15) is 9.90 Å². The largest absolute Gasteiger partial charge is 0.508 e. The first kappa shape index (κ1) is 20.3. The number of aromatic hydroxyl groups is 1. The average Bonchev–Trinajstić information content (AvgIpc) is 3.50. The van der Waals surface area contributed by atoms with Gasteiger partial charge in [-0.25, -0.2) is 9.97 Å². The second kappa shape index (κ2) is 9.15. The van der Waals surface area contributed by atoms with Gasteiger partial charge in [0.1, 0.15) is 11.6 Å². The average molecular weight is 383 g/mol. The minimum absolute atomic E-state index is 0.0787. The fourth-order valence-electron chi connectivity index (χ4n) is 3.49. The van der Waals surface area contributed by atoms with Gasteiger partial charge in [0, 0.05) is 31.4 Å². The van der Waals surface area contributed by atoms with E-state index in [0.717, 1.165) is 23.4 Å². The summed E-state index contributed by atoms with van der Waals surface area (Å²) in [6.07, 6.45) is 7.37. The molecule has 2 aromatic rings. The number of carbonyl (C=O) groups is 1. The summed E-state index contributed by atoms with van der Waals surface area (Å²) in [5.41, 5.74) is 2.20. The number of amides is 1. The first-order valence-corrected chi connectivity index (χ1v) is 9.92. The third kappa shape index (κ3) is 5.76. The van der Waals surface area contributed by atoms with Gasteiger partial charge in [-0.05, 0) is 75.4 Å². The molecule has 1 fully saturated rings. The van der Waals surface area contributed by atoms with Crippen molar-refractivity contribution in [2.75, 3.05) is 20.6 Å². The minimum atomic E-state index is 0.0787. The maximum atomic E-state index is 12.6. The molecular formula is C22H30N4O2. The number of hydrogen-bond donors (Lipinski definition) is 2. The zero-order chi connectivity index (χ0) is 20.1. The summed E-state index contributed by atoms with van der Waals surface area (Å²) >= 11 is 0. The molecule has 0 bridgehead atoms. The number of nitrogens with one attached hydrogen (secondary N) is 1. The molecule has 6 nitrogen and oxygen atoms in total. The van der Waals surface area contributed by atoms with Crippen LogP contribution in [-0.2, 0) is 11.2 Å². The number of aromatic nitrogens is 2. The number of likely N-dealkylation sites (N-methyl/N-ethyl adjacent to an activating group) is 1. The molecule has 0 radical (unpaired) electrons. The molecule has 1 aliphatic carbocycles. The Morgan fingerprint density at radius 1 is 1.21 bits per heavy atom. The molecule has 0 spiro atoms. The van der Waals surface area contributed by atoms with Gasteiger partial charge in [-0.15, -0.1) is 0 Å². The molecule has 1 heterocycles. The number of phenols is 1. The van der Waals surface area contributed by atoms with Crippen LogP contribution in [0.5, 0.6) is 5.75 Å². The highest BCUT2D eigenvalue weighted by molar-refractivity contribution is 5.77. The molecule has 2 atom stereocenters. The Balaban J connectivity index is 1.56. The highest BCUT2D eigenvalue weighted by atomic mass is 16.3. The highest BCUT2D eigenvalue weighted by Crippen LogP contribution is 2.44. The molecule has 1 saturated carbocycles. The summed E-state index contributed by atoms with van der Waals surface area (Å²) in [5.74, 6) is 1.87. The number of carbonyl (C=O) groups excluding carboxylic acids is 1. The Bertz CT molecular complexity index is 770. The van der Waals surface area contributed by atoms with Gasteiger partial charge < -0.3 is 15.3 Å². The number of benzene rings is 1. The van der Waals surface area contributed by atoms with Crippen molar-refractivity contribution in [3.63, 3.8) is 0 Å². The Kier molecular flexibility index (Phi) is 6.62. The Hall–Kier alpha value is -2.47. The van der Waals surface area contributed by atoms with E-state index in [4.69, 9.17) is 0 Å². The lowest BCUT2D eigenvalue weighted by atomic mass is 9.92. The number of nitrogens with zero attached hydrogens (tertiary/aromatic N) is 3. The summed E-state index contributed by atoms with van der Waals surface area (Å²) in [6.45, 7) is 2.46. The predicted octanol–water partition coefficient (Wildman–Crippen LogP) is 2.66. The van der Waals surface area contributed by atoms with Crippen LogP contribution >= 0.6 is 0 Å². The highest BCUT2D eigenvalue weighted by Gasteiger charge is 2.34. The molecule has 3 rings (SSSR count). The van der Waals surface area contributed by atoms with Crippen LogP contribution in [-0.4, -0.2) is 52.6 Å². The van der Waals surface area contributed by atoms with Crippen LogP contribution in [0.2, 0.25) is 0 Å². The third-order valence-corrected chi connectivity index (χ3v) is 5.50. The molecule has 6 heteroatoms. The molecule has 2 unspecified atom stereocenters. The van der Waals surface area contributed by atoms with Crippen molar-refractivity contribution in [1.29, 1.82) is 0 Å². The smallest absolute Gasteiger partial charge is 0.220 e. The van der Waals surface area contributed by atoms with E-state index in [1.54, 1.807) is 12.1 Å². The normalized spacial score (nSPS) is 16.0. The standard InChI is InChI=1S/C22H30N4O2/c1-15-23-12-18(13-24-15)21(17-6-7-17)11-22(28)25-14-19(26(2)3)10-16-4-8-20(27)9-5-16/h4-5,8-9,12-13,17,19,21,27H,6-7,10-11,14H2,1-3H3,(H,25,28). The fraction of sp³-hybridized carbons (Fsp3) is 0.500. The monoisotopic (exact) mass is 382 g/mol. The molecule has 1 aromatic carbocycles. The Morgan fingerprint density at radius 2 is 1.86 bits per heavy atom. The number of phenolic OH excluding ortho intramolecular Hbond substituents is 1. The maximum Gasteiger partial charge on any atom is 0.220 e. The van der Waals surface area contributed by atoms with E-state index in [2.05, 4.69) is 20.2 Å². The van der Waals surface area contributed by atoms with Crippen LogP contribution in [0, 0.1) is 12.8 Å². The van der Waals surface area contributed by atoms with Crippen molar-refractivity contribution < 1.29 is 9.90 Å². The first-order valence-electron chi connectivity index (χ1n) is 9.92. The van der Waals surface area contributed by atoms with Crippen molar-refractivity contribution in [3.8, 4) is 5.75 Å². The summed E-state index contributed by atoms with van der Waals surface area (Å²) in [5, 5.41) is 12.6. The minimum Gasteiger partial charge on any atom is -0.508 e. The van der Waals surface area contributed by atoms with E-state index in [1.807, 2.05) is 45.5 Å². The second-order valence-corrected chi connectivity index (χ2v) is 8.00. The molecule has 0 aliphatic heterocycles. The van der Waals surface area contributed by atoms with Gasteiger partial charge >= 0.3 is 0 Å². The van der Waals surface area contributed by atoms with Gasteiger partial charge in [0.25, 0.3) is 0 Å². The van der Waals surface area contributed by atoms with Crippen molar-refractivity contribution in [3.05, 3.63) is 53.6 Å². The van der Waals surface area contributed by atoms with Gasteiger partial charge in [0.2, 0.25) is 5.91 Å². The van der Waals surface area contributed by atoms with E-state index in [0.29, 0.717) is 18.9 Å². The third-order valence-electron chi connectivity index (χ3n) is 5.50. The van der Waals surface area contributed by atoms with Crippen LogP contribution < -0.4 is 5.32 Å². The summed E-state index contributed by atoms with van der Waals surface area (Å²) in [4.78, 5) is 23.4. The van der Waals surface area contributed by atoms with E-state index in [-0.39, 0.29) is 23.6 Å². The lowest BCUT2D eigenvalue weighted by Gasteiger charge is -2.25. The van der Waals surface area contributed by atoms with E-state index in [1.165, 1.54) is 12.8 Å². The first-order chi connectivity index (χ1) is 13.4. The zero-order valence-corrected chi connectivity index (χ0v) is 16.9. The van der Waals surface area contributed by atoms with Gasteiger partial charge in [0.05, 0.1) is 0 Å². The number of aryl methyl sites for hydroxylation is 1. The van der Waals surface area contributed by atoms with E-state index >= 15 is 0 Å². The number of hydrogen-bond acceptors (Lipinski definition) is 5. The van der Waals surface area contributed by atoms with E-state index < -0.39 is 0 Å². The van der Waals surface area contributed by atoms with Gasteiger partial charge in [-0.1, -0.05) is 12.1 Å². The van der Waals surface area contributed by atoms with Gasteiger partial charge in [0.15, 0.2) is 0 Å². The molecule has 1 aromatic heterocycles. The van der Waals surface area contributed by atoms with Crippen LogP contribution in [0.4, 0.5) is 0 Å². The van der Waals surface area contributed by atoms with Crippen molar-refractivity contribution >= 4 is 5.91 Å². The molecule has 1 amide bonds. The van der Waals surface area contributed by atoms with Gasteiger partial charge in [-0.3, -0.25) is 4.79 Å². The van der Waals surface area contributed by atoms with Crippen molar-refractivity contribution in [2.24, 2.45) is 5.92 Å². The second-order valence-electron chi connectivity index (χ2n) is 8.00. The van der Waals surface area contributed by atoms with Crippen LogP contribution in [0.15, 0.2) is 36.7 Å². The van der Waals surface area contributed by atoms with Crippen molar-refractivity contribution in [2.45, 2.75) is 44.6 Å². The lowest BCUT2D eigenvalue weighted by molar-refractivity contribution is -0.121. The Morgan fingerprint density at radius 3 is 2.43 bits per heavy atom. The fourth-order valence-corrected chi connectivity index (χ4v) is 3.49. The van der Waals surface area contributed by atoms with Gasteiger partial charge in [-0.2, -0.15) is 0 Å².